The Morgan fingerprint density at radius 3 is 1.42 bits per heavy atom. The van der Waals surface area contributed by atoms with E-state index in [2.05, 4.69) is 207 Å². The standard InChI is InChI=1S/C51H37N/c1-34-16-6-7-19-39(34)45-32-37(29-28-35(45)2)52(50-27-15-11-20-40(50)36-17-4-3-5-18-36)38-30-31-44-43-23-10-14-26-48(43)51(49(44)33-38)46-24-12-8-21-41(46)42-22-9-13-25-47(42)51/h3-33H,1-2H3. The van der Waals surface area contributed by atoms with Crippen molar-refractivity contribution in [2.24, 2.45) is 0 Å². The third-order valence-electron chi connectivity index (χ3n) is 11.4. The van der Waals surface area contributed by atoms with Crippen LogP contribution in [-0.4, -0.2) is 0 Å². The molecule has 0 heterocycles. The molecule has 10 rings (SSSR count). The fraction of sp³-hybridized carbons (Fsp3) is 0.0588. The molecule has 1 spiro atoms. The molecule has 0 amide bonds. The molecule has 8 aromatic carbocycles. The first kappa shape index (κ1) is 30.4. The summed E-state index contributed by atoms with van der Waals surface area (Å²) in [7, 11) is 0. The quantitative estimate of drug-likeness (QED) is 0.177. The zero-order chi connectivity index (χ0) is 34.8. The Morgan fingerprint density at radius 2 is 0.788 bits per heavy atom. The largest absolute Gasteiger partial charge is 0.310 e. The molecule has 52 heavy (non-hydrogen) atoms. The zero-order valence-electron chi connectivity index (χ0n) is 29.3. The van der Waals surface area contributed by atoms with E-state index in [9.17, 15) is 0 Å². The van der Waals surface area contributed by atoms with Gasteiger partial charge in [-0.15, -0.1) is 0 Å². The molecule has 0 radical (unpaired) electrons. The van der Waals surface area contributed by atoms with Crippen LogP contribution in [0.5, 0.6) is 0 Å². The lowest BCUT2D eigenvalue weighted by atomic mass is 9.70. The summed E-state index contributed by atoms with van der Waals surface area (Å²) in [5.41, 5.74) is 21.1. The van der Waals surface area contributed by atoms with Gasteiger partial charge < -0.3 is 4.90 Å². The van der Waals surface area contributed by atoms with E-state index in [1.54, 1.807) is 0 Å². The Morgan fingerprint density at radius 1 is 0.327 bits per heavy atom. The lowest BCUT2D eigenvalue weighted by molar-refractivity contribution is 0.793. The number of anilines is 3. The van der Waals surface area contributed by atoms with Crippen molar-refractivity contribution in [3.63, 3.8) is 0 Å². The van der Waals surface area contributed by atoms with E-state index < -0.39 is 5.41 Å². The summed E-state index contributed by atoms with van der Waals surface area (Å²) in [5.74, 6) is 0. The SMILES string of the molecule is Cc1ccccc1-c1cc(N(c2ccc3c(c2)C2(c4ccccc4-c4ccccc42)c2ccccc2-3)c2ccccc2-c2ccccc2)ccc1C. The zero-order valence-corrected chi connectivity index (χ0v) is 29.3. The van der Waals surface area contributed by atoms with Crippen molar-refractivity contribution in [1.82, 2.24) is 0 Å². The minimum atomic E-state index is -0.417. The van der Waals surface area contributed by atoms with E-state index in [4.69, 9.17) is 0 Å². The number of hydrogen-bond donors (Lipinski definition) is 0. The highest BCUT2D eigenvalue weighted by Crippen LogP contribution is 2.63. The first-order valence-corrected chi connectivity index (χ1v) is 18.2. The molecule has 1 nitrogen and oxygen atoms in total. The van der Waals surface area contributed by atoms with E-state index >= 15 is 0 Å². The molecule has 0 aliphatic heterocycles. The van der Waals surface area contributed by atoms with Crippen LogP contribution in [0, 0.1) is 13.8 Å². The maximum atomic E-state index is 2.49. The van der Waals surface area contributed by atoms with Crippen LogP contribution in [0.1, 0.15) is 33.4 Å². The van der Waals surface area contributed by atoms with Gasteiger partial charge in [0.25, 0.3) is 0 Å². The summed E-state index contributed by atoms with van der Waals surface area (Å²) in [4.78, 5) is 2.48. The third kappa shape index (κ3) is 4.36. The summed E-state index contributed by atoms with van der Waals surface area (Å²) < 4.78 is 0. The predicted molar refractivity (Wildman–Crippen MR) is 218 cm³/mol. The lowest BCUT2D eigenvalue weighted by Gasteiger charge is -2.33. The normalized spacial score (nSPS) is 13.0. The molecule has 0 aromatic heterocycles. The molecule has 2 aliphatic carbocycles. The van der Waals surface area contributed by atoms with Crippen molar-refractivity contribution in [1.29, 1.82) is 0 Å². The number of fused-ring (bicyclic) bond motifs is 10. The molecule has 0 unspecified atom stereocenters. The molecule has 0 bridgehead atoms. The second-order valence-electron chi connectivity index (χ2n) is 14.1. The second-order valence-corrected chi connectivity index (χ2v) is 14.1. The Kier molecular flexibility index (Phi) is 6.91. The average Bonchev–Trinajstić information content (AvgIpc) is 3.67. The van der Waals surface area contributed by atoms with Crippen LogP contribution in [0.3, 0.4) is 0 Å². The maximum Gasteiger partial charge on any atom is 0.0726 e. The minimum Gasteiger partial charge on any atom is -0.310 e. The van der Waals surface area contributed by atoms with Gasteiger partial charge in [-0.1, -0.05) is 158 Å². The van der Waals surface area contributed by atoms with Gasteiger partial charge in [-0.2, -0.15) is 0 Å². The fourth-order valence-electron chi connectivity index (χ4n) is 9.09. The summed E-state index contributed by atoms with van der Waals surface area (Å²) in [6.45, 7) is 4.43. The Hall–Kier alpha value is -6.44. The first-order chi connectivity index (χ1) is 25.6. The van der Waals surface area contributed by atoms with E-state index in [0.717, 1.165) is 17.1 Å². The van der Waals surface area contributed by atoms with Gasteiger partial charge in [0, 0.05) is 16.9 Å². The van der Waals surface area contributed by atoms with Gasteiger partial charge in [-0.05, 0) is 117 Å². The van der Waals surface area contributed by atoms with Crippen molar-refractivity contribution < 1.29 is 0 Å². The number of nitrogens with zero attached hydrogens (tertiary/aromatic N) is 1. The number of benzene rings is 8. The molecule has 0 atom stereocenters. The third-order valence-corrected chi connectivity index (χ3v) is 11.4. The van der Waals surface area contributed by atoms with Crippen molar-refractivity contribution >= 4 is 17.1 Å². The predicted octanol–water partition coefficient (Wildman–Crippen LogP) is 13.5. The van der Waals surface area contributed by atoms with Crippen molar-refractivity contribution in [3.05, 3.63) is 221 Å². The second kappa shape index (κ2) is 11.8. The van der Waals surface area contributed by atoms with E-state index in [0.29, 0.717) is 0 Å². The number of hydrogen-bond acceptors (Lipinski definition) is 1. The lowest BCUT2D eigenvalue weighted by Crippen LogP contribution is -2.26. The van der Waals surface area contributed by atoms with Gasteiger partial charge in [-0.3, -0.25) is 0 Å². The molecule has 0 saturated carbocycles. The van der Waals surface area contributed by atoms with E-state index in [-0.39, 0.29) is 0 Å². The molecule has 246 valence electrons. The Labute approximate surface area is 306 Å². The molecule has 1 heteroatoms. The van der Waals surface area contributed by atoms with Crippen LogP contribution >= 0.6 is 0 Å². The Balaban J connectivity index is 1.27. The highest BCUT2D eigenvalue weighted by Gasteiger charge is 2.51. The topological polar surface area (TPSA) is 3.24 Å². The molecular formula is C51H37N. The van der Waals surface area contributed by atoms with Crippen LogP contribution in [0.4, 0.5) is 17.1 Å². The van der Waals surface area contributed by atoms with E-state index in [1.807, 2.05) is 0 Å². The monoisotopic (exact) mass is 663 g/mol. The summed E-state index contributed by atoms with van der Waals surface area (Å²) in [6, 6.07) is 69.6. The highest BCUT2D eigenvalue weighted by molar-refractivity contribution is 5.97. The van der Waals surface area contributed by atoms with Gasteiger partial charge >= 0.3 is 0 Å². The summed E-state index contributed by atoms with van der Waals surface area (Å²) in [6.07, 6.45) is 0. The van der Waals surface area contributed by atoms with Crippen molar-refractivity contribution in [2.45, 2.75) is 19.3 Å². The molecular weight excluding hydrogens is 627 g/mol. The average molecular weight is 664 g/mol. The smallest absolute Gasteiger partial charge is 0.0726 e. The van der Waals surface area contributed by atoms with Crippen LogP contribution in [0.15, 0.2) is 188 Å². The van der Waals surface area contributed by atoms with Gasteiger partial charge in [-0.25, -0.2) is 0 Å². The van der Waals surface area contributed by atoms with Crippen molar-refractivity contribution in [2.75, 3.05) is 4.90 Å². The van der Waals surface area contributed by atoms with E-state index in [1.165, 1.54) is 77.9 Å². The van der Waals surface area contributed by atoms with Gasteiger partial charge in [0.05, 0.1) is 11.1 Å². The summed E-state index contributed by atoms with van der Waals surface area (Å²) in [5, 5.41) is 0. The summed E-state index contributed by atoms with van der Waals surface area (Å²) >= 11 is 0. The van der Waals surface area contributed by atoms with Crippen LogP contribution in [-0.2, 0) is 5.41 Å². The van der Waals surface area contributed by atoms with Crippen LogP contribution < -0.4 is 4.90 Å². The molecule has 0 saturated heterocycles. The number of aryl methyl sites for hydroxylation is 2. The van der Waals surface area contributed by atoms with Crippen molar-refractivity contribution in [3.8, 4) is 44.5 Å². The highest BCUT2D eigenvalue weighted by atomic mass is 15.1. The fourth-order valence-corrected chi connectivity index (χ4v) is 9.09. The number of rotatable bonds is 5. The molecule has 8 aromatic rings. The Bertz CT molecular complexity index is 2600. The molecule has 2 aliphatic rings. The molecule has 0 N–H and O–H groups in total. The molecule has 0 fully saturated rings. The minimum absolute atomic E-state index is 0.417. The van der Waals surface area contributed by atoms with Crippen LogP contribution in [0.25, 0.3) is 44.5 Å². The first-order valence-electron chi connectivity index (χ1n) is 18.2. The van der Waals surface area contributed by atoms with Crippen LogP contribution in [0.2, 0.25) is 0 Å². The van der Waals surface area contributed by atoms with Gasteiger partial charge in [0.2, 0.25) is 0 Å². The van der Waals surface area contributed by atoms with Gasteiger partial charge in [0.1, 0.15) is 0 Å². The number of para-hydroxylation sites is 1. The van der Waals surface area contributed by atoms with Gasteiger partial charge in [0.15, 0.2) is 0 Å². The maximum absolute atomic E-state index is 2.49.